The van der Waals surface area contributed by atoms with Crippen LogP contribution in [0.1, 0.15) is 36.8 Å². The van der Waals surface area contributed by atoms with Crippen LogP contribution in [-0.2, 0) is 19.4 Å². The lowest BCUT2D eigenvalue weighted by molar-refractivity contribution is 0.271. The average molecular weight is 223 g/mol. The minimum absolute atomic E-state index is 0.785. The second-order valence-electron chi connectivity index (χ2n) is 4.88. The molecule has 0 aromatic carbocycles. The molecule has 0 aliphatic carbocycles. The highest BCUT2D eigenvalue weighted by Gasteiger charge is 2.19. The predicted octanol–water partition coefficient (Wildman–Crippen LogP) is 3.32. The topological polar surface area (TPSA) is 3.24 Å². The highest BCUT2D eigenvalue weighted by Crippen LogP contribution is 2.29. The van der Waals surface area contributed by atoms with Crippen LogP contribution in [0.2, 0.25) is 0 Å². The highest BCUT2D eigenvalue weighted by molar-refractivity contribution is 7.10. The number of likely N-dealkylation sites (N-methyl/N-ethyl adjacent to an activating group) is 1. The van der Waals surface area contributed by atoms with Crippen LogP contribution in [0.5, 0.6) is 0 Å². The van der Waals surface area contributed by atoms with Crippen LogP contribution < -0.4 is 0 Å². The standard InChI is InChI=1S/C13H21NS/c1-4-14-6-5-12-11(7-10(2)3)9-15-13(12)8-14/h9-10H,4-8H2,1-3H3. The first-order valence-corrected chi connectivity index (χ1v) is 6.89. The number of hydrogen-bond donors (Lipinski definition) is 0. The van der Waals surface area contributed by atoms with Crippen molar-refractivity contribution in [3.63, 3.8) is 0 Å². The Hall–Kier alpha value is -0.340. The van der Waals surface area contributed by atoms with Gasteiger partial charge in [0.05, 0.1) is 0 Å². The van der Waals surface area contributed by atoms with Gasteiger partial charge in [-0.15, -0.1) is 11.3 Å². The Morgan fingerprint density at radius 1 is 1.47 bits per heavy atom. The molecule has 2 rings (SSSR count). The molecule has 0 unspecified atom stereocenters. The van der Waals surface area contributed by atoms with Crippen molar-refractivity contribution in [2.75, 3.05) is 13.1 Å². The summed E-state index contributed by atoms with van der Waals surface area (Å²) in [4.78, 5) is 4.16. The van der Waals surface area contributed by atoms with E-state index in [1.807, 2.05) is 11.3 Å². The van der Waals surface area contributed by atoms with E-state index < -0.39 is 0 Å². The molecule has 0 radical (unpaired) electrons. The molecular weight excluding hydrogens is 202 g/mol. The van der Waals surface area contributed by atoms with E-state index in [1.54, 1.807) is 16.0 Å². The van der Waals surface area contributed by atoms with E-state index in [-0.39, 0.29) is 0 Å². The van der Waals surface area contributed by atoms with E-state index in [1.165, 1.54) is 32.5 Å². The van der Waals surface area contributed by atoms with Crippen molar-refractivity contribution in [3.05, 3.63) is 21.4 Å². The summed E-state index contributed by atoms with van der Waals surface area (Å²) in [6, 6.07) is 0. The molecule has 0 bridgehead atoms. The lowest BCUT2D eigenvalue weighted by atomic mass is 9.97. The van der Waals surface area contributed by atoms with Crippen molar-refractivity contribution in [3.8, 4) is 0 Å². The van der Waals surface area contributed by atoms with E-state index in [4.69, 9.17) is 0 Å². The molecule has 0 amide bonds. The summed E-state index contributed by atoms with van der Waals surface area (Å²) in [5.74, 6) is 0.785. The van der Waals surface area contributed by atoms with E-state index in [9.17, 15) is 0 Å². The summed E-state index contributed by atoms with van der Waals surface area (Å²) in [6.45, 7) is 10.5. The summed E-state index contributed by atoms with van der Waals surface area (Å²) in [5, 5.41) is 2.39. The molecule has 0 fully saturated rings. The molecule has 1 aliphatic rings. The van der Waals surface area contributed by atoms with Crippen LogP contribution in [0.15, 0.2) is 5.38 Å². The Morgan fingerprint density at radius 3 is 2.93 bits per heavy atom. The average Bonchev–Trinajstić information content (AvgIpc) is 2.60. The van der Waals surface area contributed by atoms with Crippen LogP contribution in [0, 0.1) is 5.92 Å². The fourth-order valence-electron chi connectivity index (χ4n) is 2.33. The number of thiophene rings is 1. The molecule has 1 aliphatic heterocycles. The number of fused-ring (bicyclic) bond motifs is 1. The minimum Gasteiger partial charge on any atom is -0.298 e. The SMILES string of the molecule is CCN1CCc2c(CC(C)C)csc2C1. The second-order valence-corrected chi connectivity index (χ2v) is 5.84. The van der Waals surface area contributed by atoms with E-state index in [0.29, 0.717) is 0 Å². The minimum atomic E-state index is 0.785. The predicted molar refractivity (Wildman–Crippen MR) is 67.5 cm³/mol. The maximum atomic E-state index is 2.54. The quantitative estimate of drug-likeness (QED) is 0.760. The first kappa shape index (κ1) is 11.2. The van der Waals surface area contributed by atoms with Gasteiger partial charge in [0.1, 0.15) is 0 Å². The number of nitrogens with zero attached hydrogens (tertiary/aromatic N) is 1. The first-order valence-electron chi connectivity index (χ1n) is 6.01. The third-order valence-electron chi connectivity index (χ3n) is 3.19. The molecule has 0 saturated heterocycles. The molecule has 0 atom stereocenters. The number of rotatable bonds is 3. The Morgan fingerprint density at radius 2 is 2.27 bits per heavy atom. The summed E-state index contributed by atoms with van der Waals surface area (Å²) in [5.41, 5.74) is 3.30. The molecule has 1 aromatic rings. The van der Waals surface area contributed by atoms with Gasteiger partial charge in [0.25, 0.3) is 0 Å². The zero-order valence-electron chi connectivity index (χ0n) is 10.0. The maximum Gasteiger partial charge on any atom is 0.0330 e. The normalized spacial score (nSPS) is 17.1. The van der Waals surface area contributed by atoms with Crippen LogP contribution in [-0.4, -0.2) is 18.0 Å². The maximum absolute atomic E-state index is 2.54. The van der Waals surface area contributed by atoms with Crippen LogP contribution in [0.4, 0.5) is 0 Å². The van der Waals surface area contributed by atoms with E-state index in [2.05, 4.69) is 31.1 Å². The van der Waals surface area contributed by atoms with Gasteiger partial charge < -0.3 is 0 Å². The lowest BCUT2D eigenvalue weighted by Crippen LogP contribution is -2.29. The van der Waals surface area contributed by atoms with Gasteiger partial charge in [-0.25, -0.2) is 0 Å². The summed E-state index contributed by atoms with van der Waals surface area (Å²) >= 11 is 1.97. The summed E-state index contributed by atoms with van der Waals surface area (Å²) < 4.78 is 0. The zero-order chi connectivity index (χ0) is 10.8. The van der Waals surface area contributed by atoms with Gasteiger partial charge in [-0.05, 0) is 41.8 Å². The monoisotopic (exact) mass is 223 g/mol. The van der Waals surface area contributed by atoms with E-state index in [0.717, 1.165) is 5.92 Å². The van der Waals surface area contributed by atoms with E-state index >= 15 is 0 Å². The molecule has 15 heavy (non-hydrogen) atoms. The summed E-state index contributed by atoms with van der Waals surface area (Å²) in [7, 11) is 0. The summed E-state index contributed by atoms with van der Waals surface area (Å²) in [6.07, 6.45) is 2.53. The van der Waals surface area contributed by atoms with Gasteiger partial charge >= 0.3 is 0 Å². The van der Waals surface area contributed by atoms with Gasteiger partial charge in [-0.1, -0.05) is 20.8 Å². The zero-order valence-corrected chi connectivity index (χ0v) is 10.9. The van der Waals surface area contributed by atoms with Gasteiger partial charge in [0, 0.05) is 18.0 Å². The third-order valence-corrected chi connectivity index (χ3v) is 4.25. The smallest absolute Gasteiger partial charge is 0.0330 e. The molecular formula is C13H21NS. The fourth-order valence-corrected chi connectivity index (χ4v) is 3.48. The number of hydrogen-bond acceptors (Lipinski definition) is 2. The lowest BCUT2D eigenvalue weighted by Gasteiger charge is -2.26. The fraction of sp³-hybridized carbons (Fsp3) is 0.692. The Balaban J connectivity index is 2.15. The van der Waals surface area contributed by atoms with Crippen molar-refractivity contribution < 1.29 is 0 Å². The third kappa shape index (κ3) is 2.43. The van der Waals surface area contributed by atoms with Crippen molar-refractivity contribution in [2.24, 2.45) is 5.92 Å². The van der Waals surface area contributed by atoms with Crippen molar-refractivity contribution in [1.29, 1.82) is 0 Å². The molecule has 84 valence electrons. The van der Waals surface area contributed by atoms with Crippen LogP contribution >= 0.6 is 11.3 Å². The van der Waals surface area contributed by atoms with Gasteiger partial charge in [0.2, 0.25) is 0 Å². The van der Waals surface area contributed by atoms with Crippen molar-refractivity contribution >= 4 is 11.3 Å². The molecule has 2 heterocycles. The second kappa shape index (κ2) is 4.67. The van der Waals surface area contributed by atoms with Crippen LogP contribution in [0.3, 0.4) is 0 Å². The van der Waals surface area contributed by atoms with Crippen molar-refractivity contribution in [1.82, 2.24) is 4.90 Å². The Bertz CT molecular complexity index is 327. The van der Waals surface area contributed by atoms with Crippen LogP contribution in [0.25, 0.3) is 0 Å². The molecule has 1 nitrogen and oxygen atoms in total. The molecule has 0 N–H and O–H groups in total. The molecule has 1 aromatic heterocycles. The van der Waals surface area contributed by atoms with Gasteiger partial charge in [0.15, 0.2) is 0 Å². The highest BCUT2D eigenvalue weighted by atomic mass is 32.1. The van der Waals surface area contributed by atoms with Crippen molar-refractivity contribution in [2.45, 2.75) is 40.2 Å². The Labute approximate surface area is 97.1 Å². The molecule has 0 spiro atoms. The largest absolute Gasteiger partial charge is 0.298 e. The molecule has 2 heteroatoms. The molecule has 0 saturated carbocycles. The van der Waals surface area contributed by atoms with Gasteiger partial charge in [-0.2, -0.15) is 0 Å². The Kier molecular flexibility index (Phi) is 3.47. The van der Waals surface area contributed by atoms with Gasteiger partial charge in [-0.3, -0.25) is 4.90 Å². The first-order chi connectivity index (χ1) is 7.20.